The summed E-state index contributed by atoms with van der Waals surface area (Å²) in [6.45, 7) is 6.98. The summed E-state index contributed by atoms with van der Waals surface area (Å²) >= 11 is 1.56. The number of carbonyl (C=O) groups excluding carboxylic acids is 2. The molecule has 0 fully saturated rings. The number of nitrogens with one attached hydrogen (secondary N) is 2. The van der Waals surface area contributed by atoms with Crippen molar-refractivity contribution >= 4 is 28.7 Å². The molecule has 1 amide bonds. The third-order valence-electron chi connectivity index (χ3n) is 4.00. The van der Waals surface area contributed by atoms with Crippen LogP contribution in [0.1, 0.15) is 36.0 Å². The Labute approximate surface area is 193 Å². The van der Waals surface area contributed by atoms with E-state index in [-0.39, 0.29) is 28.6 Å². The van der Waals surface area contributed by atoms with Crippen molar-refractivity contribution < 1.29 is 19.8 Å². The van der Waals surface area contributed by atoms with E-state index in [4.69, 9.17) is 0 Å². The van der Waals surface area contributed by atoms with Crippen LogP contribution in [0.3, 0.4) is 0 Å². The molecule has 1 aromatic heterocycles. The molecule has 4 N–H and O–H groups in total. The van der Waals surface area contributed by atoms with Crippen molar-refractivity contribution in [3.8, 4) is 18.6 Å². The van der Waals surface area contributed by atoms with Gasteiger partial charge in [-0.3, -0.25) is 9.59 Å². The first-order valence-corrected chi connectivity index (χ1v) is 10.9. The van der Waals surface area contributed by atoms with Crippen LogP contribution in [-0.4, -0.2) is 47.0 Å². The summed E-state index contributed by atoms with van der Waals surface area (Å²) in [5.41, 5.74) is 0.898. The number of phenolic OH excluding ortho intramolecular Hbond substituents is 1. The molecule has 2 aromatic rings. The van der Waals surface area contributed by atoms with Crippen LogP contribution in [0.5, 0.6) is 5.75 Å². The second-order valence-electron chi connectivity index (χ2n) is 7.75. The topological polar surface area (TPSA) is 102 Å². The van der Waals surface area contributed by atoms with E-state index in [9.17, 15) is 19.8 Å². The Bertz CT molecular complexity index is 960. The highest BCUT2D eigenvalue weighted by molar-refractivity contribution is 7.09. The lowest BCUT2D eigenvalue weighted by Gasteiger charge is -2.29. The van der Waals surface area contributed by atoms with E-state index in [0.29, 0.717) is 12.2 Å². The molecule has 0 spiro atoms. The quantitative estimate of drug-likeness (QED) is 0.392. The van der Waals surface area contributed by atoms with Crippen molar-refractivity contribution in [1.29, 1.82) is 0 Å². The summed E-state index contributed by atoms with van der Waals surface area (Å²) < 4.78 is 0. The normalized spacial score (nSPS) is 14.4. The van der Waals surface area contributed by atoms with E-state index in [2.05, 4.69) is 44.3 Å². The zero-order chi connectivity index (χ0) is 24.4. The zero-order valence-corrected chi connectivity index (χ0v) is 19.9. The molecular weight excluding hydrogens is 426 g/mol. The summed E-state index contributed by atoms with van der Waals surface area (Å²) in [7, 11) is 3.17. The standard InChI is InChI=1S/C18H19N3O4S.C4H10.C2H2/c1-21(2)18(25)11-6-3-7-12(15(11)22)20-14-13(16(23)17(14)24)19-9-10-5-4-8-26-10;1-4(2)3;1-2/h3-8,16,19-20,22-23H,9H2,1-2H3;4H,1-3H3;1-2H. The largest absolute Gasteiger partial charge is 0.505 e. The Morgan fingerprint density at radius 3 is 2.34 bits per heavy atom. The summed E-state index contributed by atoms with van der Waals surface area (Å²) in [4.78, 5) is 26.5. The van der Waals surface area contributed by atoms with Crippen molar-refractivity contribution in [3.05, 3.63) is 57.5 Å². The number of thiophene rings is 1. The molecule has 32 heavy (non-hydrogen) atoms. The third kappa shape index (κ3) is 6.87. The SMILES string of the molecule is C#C.CC(C)C.CN(C)C(=O)c1cccc(NC2=C(NCc3cccs3)C(O)C2=O)c1O. The molecule has 0 radical (unpaired) electrons. The second-order valence-corrected chi connectivity index (χ2v) is 8.78. The molecule has 7 nitrogen and oxygen atoms in total. The van der Waals surface area contributed by atoms with Gasteiger partial charge < -0.3 is 25.7 Å². The van der Waals surface area contributed by atoms with Crippen LogP contribution >= 0.6 is 11.3 Å². The number of hydrogen-bond acceptors (Lipinski definition) is 7. The lowest BCUT2D eigenvalue weighted by Crippen LogP contribution is -2.45. The smallest absolute Gasteiger partial charge is 0.257 e. The van der Waals surface area contributed by atoms with E-state index in [1.807, 2.05) is 17.5 Å². The summed E-state index contributed by atoms with van der Waals surface area (Å²) in [5.74, 6) is -0.232. The average molecular weight is 458 g/mol. The van der Waals surface area contributed by atoms with Gasteiger partial charge in [-0.2, -0.15) is 0 Å². The number of nitrogens with zero attached hydrogens (tertiary/aromatic N) is 1. The molecule has 1 atom stereocenters. The molecule has 1 aliphatic rings. The van der Waals surface area contributed by atoms with Gasteiger partial charge in [-0.1, -0.05) is 32.9 Å². The number of rotatable bonds is 6. The van der Waals surface area contributed by atoms with Gasteiger partial charge in [0.15, 0.2) is 11.9 Å². The van der Waals surface area contributed by atoms with Crippen LogP contribution in [0.4, 0.5) is 5.69 Å². The van der Waals surface area contributed by atoms with Gasteiger partial charge in [0.1, 0.15) is 5.70 Å². The molecule has 1 aliphatic carbocycles. The number of aliphatic hydroxyl groups excluding tert-OH is 1. The number of carbonyl (C=O) groups is 2. The highest BCUT2D eigenvalue weighted by Gasteiger charge is 2.38. The summed E-state index contributed by atoms with van der Waals surface area (Å²) in [5, 5.41) is 28.1. The highest BCUT2D eigenvalue weighted by Crippen LogP contribution is 2.32. The van der Waals surface area contributed by atoms with E-state index in [1.165, 1.54) is 11.0 Å². The number of hydrogen-bond donors (Lipinski definition) is 4. The fourth-order valence-electron chi connectivity index (χ4n) is 2.56. The first kappa shape index (κ1) is 26.8. The zero-order valence-electron chi connectivity index (χ0n) is 19.0. The van der Waals surface area contributed by atoms with Crippen LogP contribution in [0.25, 0.3) is 0 Å². The van der Waals surface area contributed by atoms with Crippen LogP contribution in [0.15, 0.2) is 47.1 Å². The van der Waals surface area contributed by atoms with Gasteiger partial charge in [-0.25, -0.2) is 0 Å². The third-order valence-corrected chi connectivity index (χ3v) is 4.88. The first-order valence-electron chi connectivity index (χ1n) is 10.00. The Balaban J connectivity index is 0.000000769. The van der Waals surface area contributed by atoms with E-state index in [1.54, 1.807) is 37.6 Å². The van der Waals surface area contributed by atoms with Gasteiger partial charge >= 0.3 is 0 Å². The molecule has 0 aliphatic heterocycles. The van der Waals surface area contributed by atoms with Gasteiger partial charge in [-0.15, -0.1) is 24.2 Å². The van der Waals surface area contributed by atoms with E-state index < -0.39 is 11.9 Å². The molecule has 0 saturated heterocycles. The lowest BCUT2D eigenvalue weighted by atomic mass is 9.94. The number of terminal acetylenes is 1. The van der Waals surface area contributed by atoms with Gasteiger partial charge in [0.05, 0.1) is 16.9 Å². The van der Waals surface area contributed by atoms with E-state index >= 15 is 0 Å². The van der Waals surface area contributed by atoms with Gasteiger partial charge in [0.2, 0.25) is 5.78 Å². The number of aliphatic hydroxyl groups is 1. The lowest BCUT2D eigenvalue weighted by molar-refractivity contribution is -0.124. The molecule has 0 bridgehead atoms. The predicted molar refractivity (Wildman–Crippen MR) is 129 cm³/mol. The van der Waals surface area contributed by atoms with Crippen LogP contribution < -0.4 is 10.6 Å². The van der Waals surface area contributed by atoms with Gasteiger partial charge in [-0.05, 0) is 29.5 Å². The molecule has 1 aromatic carbocycles. The highest BCUT2D eigenvalue weighted by atomic mass is 32.1. The number of amides is 1. The number of ketones is 1. The Hall–Kier alpha value is -3.28. The second kappa shape index (κ2) is 12.5. The fraction of sp³-hybridized carbons (Fsp3) is 0.333. The Kier molecular flexibility index (Phi) is 10.5. The maximum Gasteiger partial charge on any atom is 0.257 e. The minimum Gasteiger partial charge on any atom is -0.505 e. The van der Waals surface area contributed by atoms with Crippen LogP contribution in [-0.2, 0) is 11.3 Å². The van der Waals surface area contributed by atoms with E-state index in [0.717, 1.165) is 10.8 Å². The minimum absolute atomic E-state index is 0.126. The molecule has 8 heteroatoms. The van der Waals surface area contributed by atoms with Crippen molar-refractivity contribution in [1.82, 2.24) is 10.2 Å². The van der Waals surface area contributed by atoms with Crippen molar-refractivity contribution in [2.75, 3.05) is 19.4 Å². The van der Waals surface area contributed by atoms with Gasteiger partial charge in [0.25, 0.3) is 5.91 Å². The molecule has 172 valence electrons. The Morgan fingerprint density at radius 1 is 1.19 bits per heavy atom. The van der Waals surface area contributed by atoms with Crippen molar-refractivity contribution in [2.24, 2.45) is 5.92 Å². The number of para-hydroxylation sites is 1. The Morgan fingerprint density at radius 2 is 1.81 bits per heavy atom. The molecular formula is C24H31N3O4S. The minimum atomic E-state index is -1.22. The summed E-state index contributed by atoms with van der Waals surface area (Å²) in [6.07, 6.45) is 6.78. The first-order chi connectivity index (χ1) is 15.1. The monoisotopic (exact) mass is 457 g/mol. The fourth-order valence-corrected chi connectivity index (χ4v) is 3.21. The van der Waals surface area contributed by atoms with Crippen molar-refractivity contribution in [3.63, 3.8) is 0 Å². The molecule has 0 saturated carbocycles. The number of Topliss-reactive ketones (excluding diaryl/α,β-unsaturated/α-hetero) is 1. The average Bonchev–Trinajstić information content (AvgIpc) is 3.28. The predicted octanol–water partition coefficient (Wildman–Crippen LogP) is 3.42. The number of aromatic hydroxyl groups is 1. The number of benzene rings is 1. The molecule has 1 unspecified atom stereocenters. The van der Waals surface area contributed by atoms with Crippen LogP contribution in [0, 0.1) is 18.8 Å². The van der Waals surface area contributed by atoms with Gasteiger partial charge in [0, 0.05) is 25.5 Å². The molecule has 3 rings (SSSR count). The number of anilines is 1. The number of phenols is 1. The maximum atomic E-state index is 12.1. The molecule has 1 heterocycles. The van der Waals surface area contributed by atoms with Crippen LogP contribution in [0.2, 0.25) is 0 Å². The van der Waals surface area contributed by atoms with Crippen molar-refractivity contribution in [2.45, 2.75) is 33.4 Å². The maximum absolute atomic E-state index is 12.1. The summed E-state index contributed by atoms with van der Waals surface area (Å²) in [6, 6.07) is 8.54.